The van der Waals surface area contributed by atoms with E-state index in [9.17, 15) is 18.7 Å². The number of aromatic nitrogens is 1. The second kappa shape index (κ2) is 8.43. The predicted molar refractivity (Wildman–Crippen MR) is 98.3 cm³/mol. The molecule has 7 heteroatoms. The maximum atomic E-state index is 13.7. The van der Waals surface area contributed by atoms with E-state index in [1.807, 2.05) is 4.90 Å². The number of aliphatic hydroxyl groups is 1. The number of piperidine rings is 1. The number of carbonyl (C=O) groups is 1. The van der Waals surface area contributed by atoms with Crippen molar-refractivity contribution in [2.45, 2.75) is 25.9 Å². The van der Waals surface area contributed by atoms with Crippen LogP contribution in [0.25, 0.3) is 0 Å². The number of aliphatic hydroxyl groups excluding tert-OH is 1. The molecule has 1 fully saturated rings. The van der Waals surface area contributed by atoms with Crippen molar-refractivity contribution >= 4 is 11.7 Å². The second-order valence-electron chi connectivity index (χ2n) is 6.94. The molecule has 5 nitrogen and oxygen atoms in total. The molecule has 1 amide bonds. The molecule has 2 N–H and O–H groups in total. The molecule has 1 aromatic heterocycles. The van der Waals surface area contributed by atoms with Crippen LogP contribution in [0.1, 0.15) is 41.8 Å². The highest BCUT2D eigenvalue weighted by Gasteiger charge is 2.22. The van der Waals surface area contributed by atoms with Crippen LogP contribution >= 0.6 is 0 Å². The van der Waals surface area contributed by atoms with Gasteiger partial charge in [0.1, 0.15) is 23.6 Å². The van der Waals surface area contributed by atoms with Crippen molar-refractivity contribution in [3.05, 3.63) is 59.3 Å². The number of anilines is 1. The number of halogens is 2. The summed E-state index contributed by atoms with van der Waals surface area (Å²) in [6.45, 7) is 3.58. The molecule has 0 aliphatic carbocycles. The summed E-state index contributed by atoms with van der Waals surface area (Å²) in [5.74, 6) is -0.586. The molecule has 3 rings (SSSR count). The first-order chi connectivity index (χ1) is 13.0. The lowest BCUT2D eigenvalue weighted by molar-refractivity contribution is 0.0697. The first kappa shape index (κ1) is 19.2. The zero-order valence-electron chi connectivity index (χ0n) is 15.2. The maximum Gasteiger partial charge on any atom is 0.255 e. The van der Waals surface area contributed by atoms with Gasteiger partial charge in [-0.2, -0.15) is 0 Å². The third-order valence-electron chi connectivity index (χ3n) is 4.89. The molecule has 0 spiro atoms. The van der Waals surface area contributed by atoms with Crippen LogP contribution < -0.4 is 5.32 Å². The van der Waals surface area contributed by atoms with Gasteiger partial charge in [-0.15, -0.1) is 0 Å². The van der Waals surface area contributed by atoms with Gasteiger partial charge in [-0.25, -0.2) is 13.8 Å². The van der Waals surface area contributed by atoms with E-state index in [4.69, 9.17) is 0 Å². The Hall–Kier alpha value is -2.54. The number of nitrogens with one attached hydrogen (secondary N) is 1. The first-order valence-electron chi connectivity index (χ1n) is 9.07. The molecule has 1 unspecified atom stereocenters. The normalized spacial score (nSPS) is 16.2. The summed E-state index contributed by atoms with van der Waals surface area (Å²) in [5.41, 5.74) is 0.118. The van der Waals surface area contributed by atoms with Crippen LogP contribution in [-0.4, -0.2) is 40.5 Å². The number of likely N-dealkylation sites (tertiary alicyclic amines) is 1. The van der Waals surface area contributed by atoms with E-state index >= 15 is 0 Å². The molecular formula is C20H23F2N3O2. The van der Waals surface area contributed by atoms with E-state index in [-0.39, 0.29) is 18.0 Å². The summed E-state index contributed by atoms with van der Waals surface area (Å²) in [6, 6.07) is 6.72. The van der Waals surface area contributed by atoms with Crippen LogP contribution in [0.15, 0.2) is 36.5 Å². The fourth-order valence-electron chi connectivity index (χ4n) is 3.15. The van der Waals surface area contributed by atoms with Gasteiger partial charge < -0.3 is 15.3 Å². The molecule has 0 radical (unpaired) electrons. The number of amides is 1. The first-order valence-corrected chi connectivity index (χ1v) is 9.07. The standard InChI is InChI=1S/C20H23F2N3O2/c1-13-7-9-25(10-8-13)20(27)14-5-6-18(23-11-14)24-12-17(26)19-15(21)3-2-4-16(19)22/h2-6,11,13,17,26H,7-10,12H2,1H3,(H,23,24). The minimum Gasteiger partial charge on any atom is -0.386 e. The van der Waals surface area contributed by atoms with Crippen molar-refractivity contribution in [1.82, 2.24) is 9.88 Å². The van der Waals surface area contributed by atoms with E-state index in [2.05, 4.69) is 17.2 Å². The number of rotatable bonds is 5. The van der Waals surface area contributed by atoms with Crippen molar-refractivity contribution in [3.8, 4) is 0 Å². The van der Waals surface area contributed by atoms with Gasteiger partial charge in [0.25, 0.3) is 5.91 Å². The minimum atomic E-state index is -1.36. The van der Waals surface area contributed by atoms with Crippen molar-refractivity contribution in [2.24, 2.45) is 5.92 Å². The number of hydrogen-bond donors (Lipinski definition) is 2. The molecule has 27 heavy (non-hydrogen) atoms. The van der Waals surface area contributed by atoms with Gasteiger partial charge >= 0.3 is 0 Å². The van der Waals surface area contributed by atoms with Gasteiger partial charge in [0, 0.05) is 25.8 Å². The zero-order valence-corrected chi connectivity index (χ0v) is 15.2. The molecule has 1 aliphatic rings. The van der Waals surface area contributed by atoms with E-state index < -0.39 is 17.7 Å². The summed E-state index contributed by atoms with van der Waals surface area (Å²) in [4.78, 5) is 18.5. The van der Waals surface area contributed by atoms with E-state index in [0.29, 0.717) is 17.3 Å². The molecule has 1 aliphatic heterocycles. The number of pyridine rings is 1. The Morgan fingerprint density at radius 3 is 2.52 bits per heavy atom. The lowest BCUT2D eigenvalue weighted by Gasteiger charge is -2.30. The van der Waals surface area contributed by atoms with Gasteiger partial charge in [0.05, 0.1) is 11.1 Å². The molecule has 1 atom stereocenters. The van der Waals surface area contributed by atoms with Crippen LogP contribution in [0.2, 0.25) is 0 Å². The minimum absolute atomic E-state index is 0.0468. The van der Waals surface area contributed by atoms with Gasteiger partial charge in [0.15, 0.2) is 0 Å². The number of hydrogen-bond acceptors (Lipinski definition) is 4. The highest BCUT2D eigenvalue weighted by Crippen LogP contribution is 2.21. The fourth-order valence-corrected chi connectivity index (χ4v) is 3.15. The Kier molecular flexibility index (Phi) is 6.01. The fraction of sp³-hybridized carbons (Fsp3) is 0.400. The topological polar surface area (TPSA) is 65.5 Å². The van der Waals surface area contributed by atoms with Crippen LogP contribution in [0.5, 0.6) is 0 Å². The monoisotopic (exact) mass is 375 g/mol. The summed E-state index contributed by atoms with van der Waals surface area (Å²) in [5, 5.41) is 12.9. The molecular weight excluding hydrogens is 352 g/mol. The SMILES string of the molecule is CC1CCN(C(=O)c2ccc(NCC(O)c3c(F)cccc3F)nc2)CC1. The second-order valence-corrected chi connectivity index (χ2v) is 6.94. The molecule has 1 saturated heterocycles. The lowest BCUT2D eigenvalue weighted by Crippen LogP contribution is -2.37. The lowest BCUT2D eigenvalue weighted by atomic mass is 9.99. The Morgan fingerprint density at radius 2 is 1.93 bits per heavy atom. The van der Waals surface area contributed by atoms with Gasteiger partial charge in [-0.05, 0) is 43.0 Å². The average molecular weight is 375 g/mol. The maximum absolute atomic E-state index is 13.7. The largest absolute Gasteiger partial charge is 0.386 e. The molecule has 0 saturated carbocycles. The molecule has 2 aromatic rings. The van der Waals surface area contributed by atoms with Gasteiger partial charge in [-0.3, -0.25) is 4.79 Å². The Balaban J connectivity index is 1.58. The molecule has 2 heterocycles. The van der Waals surface area contributed by atoms with Crippen LogP contribution in [0.4, 0.5) is 14.6 Å². The zero-order chi connectivity index (χ0) is 19.4. The highest BCUT2D eigenvalue weighted by molar-refractivity contribution is 5.94. The third kappa shape index (κ3) is 4.60. The number of benzene rings is 1. The predicted octanol–water partition coefficient (Wildman–Crippen LogP) is 3.38. The van der Waals surface area contributed by atoms with E-state index in [1.54, 1.807) is 12.1 Å². The van der Waals surface area contributed by atoms with Crippen molar-refractivity contribution in [2.75, 3.05) is 25.0 Å². The van der Waals surface area contributed by atoms with Gasteiger partial charge in [0.2, 0.25) is 0 Å². The van der Waals surface area contributed by atoms with Crippen molar-refractivity contribution in [3.63, 3.8) is 0 Å². The van der Waals surface area contributed by atoms with E-state index in [1.165, 1.54) is 12.3 Å². The Morgan fingerprint density at radius 1 is 1.26 bits per heavy atom. The van der Waals surface area contributed by atoms with Crippen molar-refractivity contribution in [1.29, 1.82) is 0 Å². The van der Waals surface area contributed by atoms with Crippen LogP contribution in [0.3, 0.4) is 0 Å². The van der Waals surface area contributed by atoms with Crippen LogP contribution in [0, 0.1) is 17.6 Å². The Labute approximate surface area is 157 Å². The quantitative estimate of drug-likeness (QED) is 0.841. The number of nitrogens with zero attached hydrogens (tertiary/aromatic N) is 2. The molecule has 144 valence electrons. The smallest absolute Gasteiger partial charge is 0.255 e. The third-order valence-corrected chi connectivity index (χ3v) is 4.89. The summed E-state index contributed by atoms with van der Waals surface area (Å²) >= 11 is 0. The number of carbonyl (C=O) groups excluding carboxylic acids is 1. The van der Waals surface area contributed by atoms with Crippen molar-refractivity contribution < 1.29 is 18.7 Å². The summed E-state index contributed by atoms with van der Waals surface area (Å²) in [7, 11) is 0. The highest BCUT2D eigenvalue weighted by atomic mass is 19.1. The summed E-state index contributed by atoms with van der Waals surface area (Å²) < 4.78 is 27.4. The molecule has 0 bridgehead atoms. The van der Waals surface area contributed by atoms with Crippen LogP contribution in [-0.2, 0) is 0 Å². The van der Waals surface area contributed by atoms with Gasteiger partial charge in [-0.1, -0.05) is 13.0 Å². The van der Waals surface area contributed by atoms with E-state index in [0.717, 1.165) is 38.1 Å². The average Bonchev–Trinajstić information content (AvgIpc) is 2.67. The Bertz CT molecular complexity index is 770. The molecule has 1 aromatic carbocycles. The summed E-state index contributed by atoms with van der Waals surface area (Å²) in [6.07, 6.45) is 2.12.